The summed E-state index contributed by atoms with van der Waals surface area (Å²) in [5.74, 6) is 0.951. The van der Waals surface area contributed by atoms with E-state index in [-0.39, 0.29) is 12.3 Å². The number of carbonyl (C=O) groups excluding carboxylic acids is 1. The van der Waals surface area contributed by atoms with Crippen molar-refractivity contribution in [3.05, 3.63) is 39.9 Å². The second kappa shape index (κ2) is 9.73. The van der Waals surface area contributed by atoms with Gasteiger partial charge in [-0.05, 0) is 36.3 Å². The first kappa shape index (κ1) is 21.8. The van der Waals surface area contributed by atoms with Gasteiger partial charge in [-0.15, -0.1) is 0 Å². The molecule has 2 N–H and O–H groups in total. The number of rotatable bonds is 8. The third-order valence-electron chi connectivity index (χ3n) is 5.02. The summed E-state index contributed by atoms with van der Waals surface area (Å²) in [5, 5.41) is 5.47. The number of nitrogens with two attached hydrogens (primary N) is 1. The van der Waals surface area contributed by atoms with Crippen LogP contribution in [0.4, 0.5) is 5.69 Å². The van der Waals surface area contributed by atoms with Gasteiger partial charge in [-0.3, -0.25) is 9.69 Å². The van der Waals surface area contributed by atoms with Crippen LogP contribution in [-0.4, -0.2) is 51.3 Å². The van der Waals surface area contributed by atoms with Crippen molar-refractivity contribution >= 4 is 35.4 Å². The molecule has 1 aromatic heterocycles. The van der Waals surface area contributed by atoms with Crippen LogP contribution >= 0.6 is 23.8 Å². The number of carbonyl (C=O) groups is 1. The predicted molar refractivity (Wildman–Crippen MR) is 119 cm³/mol. The van der Waals surface area contributed by atoms with Crippen molar-refractivity contribution in [2.24, 2.45) is 11.7 Å². The molecule has 7 nitrogen and oxygen atoms in total. The number of benzene rings is 1. The molecular formula is C20H29ClN6OS. The highest BCUT2D eigenvalue weighted by molar-refractivity contribution is 7.71. The lowest BCUT2D eigenvalue weighted by molar-refractivity contribution is -0.118. The van der Waals surface area contributed by atoms with E-state index in [1.54, 1.807) is 0 Å². The number of piperazine rings is 1. The van der Waals surface area contributed by atoms with E-state index in [0.29, 0.717) is 23.8 Å². The maximum Gasteiger partial charge on any atom is 0.217 e. The van der Waals surface area contributed by atoms with Gasteiger partial charge in [0.15, 0.2) is 4.77 Å². The molecule has 29 heavy (non-hydrogen) atoms. The van der Waals surface area contributed by atoms with Crippen LogP contribution in [0.1, 0.15) is 26.1 Å². The fraction of sp³-hybridized carbons (Fsp3) is 0.550. The number of nitrogens with zero attached hydrogens (tertiary/aromatic N) is 5. The summed E-state index contributed by atoms with van der Waals surface area (Å²) in [7, 11) is 0. The van der Waals surface area contributed by atoms with Crippen LogP contribution in [0.25, 0.3) is 0 Å². The second-order valence-corrected chi connectivity index (χ2v) is 8.70. The fourth-order valence-electron chi connectivity index (χ4n) is 3.56. The topological polar surface area (TPSA) is 72.3 Å². The van der Waals surface area contributed by atoms with E-state index in [2.05, 4.69) is 29.7 Å². The predicted octanol–water partition coefficient (Wildman–Crippen LogP) is 2.92. The molecular weight excluding hydrogens is 408 g/mol. The Morgan fingerprint density at radius 1 is 1.28 bits per heavy atom. The Balaban J connectivity index is 1.67. The second-order valence-electron chi connectivity index (χ2n) is 7.90. The first-order valence-electron chi connectivity index (χ1n) is 10.0. The van der Waals surface area contributed by atoms with Crippen molar-refractivity contribution in [3.63, 3.8) is 0 Å². The van der Waals surface area contributed by atoms with Gasteiger partial charge < -0.3 is 15.2 Å². The molecule has 1 saturated heterocycles. The Bertz CT molecular complexity index is 901. The molecule has 0 radical (unpaired) electrons. The first-order chi connectivity index (χ1) is 13.8. The van der Waals surface area contributed by atoms with E-state index in [4.69, 9.17) is 34.7 Å². The Hall–Kier alpha value is -1.90. The normalized spacial score (nSPS) is 15.2. The van der Waals surface area contributed by atoms with E-state index in [9.17, 15) is 4.79 Å². The molecule has 1 amide bonds. The van der Waals surface area contributed by atoms with E-state index >= 15 is 0 Å². The molecule has 1 aliphatic heterocycles. The van der Waals surface area contributed by atoms with Crippen LogP contribution in [-0.2, 0) is 24.4 Å². The van der Waals surface area contributed by atoms with Crippen LogP contribution in [0.2, 0.25) is 5.02 Å². The van der Waals surface area contributed by atoms with E-state index in [0.717, 1.165) is 49.3 Å². The number of aryl methyl sites for hydroxylation is 1. The number of hydrogen-bond donors (Lipinski definition) is 1. The average Bonchev–Trinajstić information content (AvgIpc) is 2.95. The lowest BCUT2D eigenvalue weighted by Gasteiger charge is -2.35. The minimum absolute atomic E-state index is 0.280. The van der Waals surface area contributed by atoms with Gasteiger partial charge in [-0.1, -0.05) is 31.5 Å². The molecule has 1 aliphatic rings. The van der Waals surface area contributed by atoms with Crippen molar-refractivity contribution in [2.75, 3.05) is 31.1 Å². The molecule has 0 atom stereocenters. The summed E-state index contributed by atoms with van der Waals surface area (Å²) >= 11 is 11.8. The average molecular weight is 437 g/mol. The minimum atomic E-state index is -0.321. The van der Waals surface area contributed by atoms with E-state index < -0.39 is 0 Å². The number of aromatic nitrogens is 3. The highest BCUT2D eigenvalue weighted by Gasteiger charge is 2.20. The Labute approximate surface area is 182 Å². The summed E-state index contributed by atoms with van der Waals surface area (Å²) < 4.78 is 4.63. The Morgan fingerprint density at radius 2 is 2.00 bits per heavy atom. The molecule has 0 unspecified atom stereocenters. The molecule has 1 aromatic carbocycles. The molecule has 1 fully saturated rings. The SMILES string of the molecule is CC(C)Cn1c(CCC(N)=O)nn(CN2CCN(c3cccc(Cl)c3)CC2)c1=S. The van der Waals surface area contributed by atoms with Gasteiger partial charge in [-0.2, -0.15) is 5.10 Å². The summed E-state index contributed by atoms with van der Waals surface area (Å²) in [4.78, 5) is 15.9. The first-order valence-corrected chi connectivity index (χ1v) is 10.8. The monoisotopic (exact) mass is 436 g/mol. The van der Waals surface area contributed by atoms with Gasteiger partial charge in [-0.25, -0.2) is 4.68 Å². The van der Waals surface area contributed by atoms with Gasteiger partial charge >= 0.3 is 0 Å². The highest BCUT2D eigenvalue weighted by atomic mass is 35.5. The zero-order valence-corrected chi connectivity index (χ0v) is 18.6. The minimum Gasteiger partial charge on any atom is -0.370 e. The lowest BCUT2D eigenvalue weighted by atomic mass is 10.2. The Kier molecular flexibility index (Phi) is 7.32. The molecule has 9 heteroatoms. The fourth-order valence-corrected chi connectivity index (χ4v) is 4.02. The molecule has 2 aromatic rings. The van der Waals surface area contributed by atoms with Crippen LogP contribution in [0.5, 0.6) is 0 Å². The van der Waals surface area contributed by atoms with Crippen molar-refractivity contribution in [2.45, 2.75) is 39.9 Å². The third-order valence-corrected chi connectivity index (χ3v) is 5.69. The molecule has 0 aliphatic carbocycles. The Morgan fingerprint density at radius 3 is 2.62 bits per heavy atom. The maximum absolute atomic E-state index is 11.2. The van der Waals surface area contributed by atoms with Crippen molar-refractivity contribution < 1.29 is 4.79 Å². The van der Waals surface area contributed by atoms with Crippen molar-refractivity contribution in [1.29, 1.82) is 0 Å². The number of halogens is 1. The van der Waals surface area contributed by atoms with Gasteiger partial charge in [0.05, 0.1) is 6.67 Å². The van der Waals surface area contributed by atoms with Gasteiger partial charge in [0.2, 0.25) is 5.91 Å². The number of hydrogen-bond acceptors (Lipinski definition) is 5. The standard InChI is InChI=1S/C20H29ClN6OS/c1-15(2)13-26-19(7-6-18(22)28)23-27(20(26)29)14-24-8-10-25(11-9-24)17-5-3-4-16(21)12-17/h3-5,12,15H,6-11,13-14H2,1-2H3,(H2,22,28). The lowest BCUT2D eigenvalue weighted by Crippen LogP contribution is -2.47. The number of anilines is 1. The van der Waals surface area contributed by atoms with Crippen LogP contribution in [0.3, 0.4) is 0 Å². The summed E-state index contributed by atoms with van der Waals surface area (Å²) in [5.41, 5.74) is 6.48. The van der Waals surface area contributed by atoms with Crippen LogP contribution in [0, 0.1) is 10.7 Å². The zero-order chi connectivity index (χ0) is 21.0. The molecule has 0 saturated carbocycles. The van der Waals surface area contributed by atoms with E-state index in [1.165, 1.54) is 0 Å². The van der Waals surface area contributed by atoms with Crippen LogP contribution < -0.4 is 10.6 Å². The smallest absolute Gasteiger partial charge is 0.217 e. The molecule has 0 bridgehead atoms. The van der Waals surface area contributed by atoms with Gasteiger partial charge in [0.1, 0.15) is 5.82 Å². The molecule has 158 valence electrons. The highest BCUT2D eigenvalue weighted by Crippen LogP contribution is 2.21. The summed E-state index contributed by atoms with van der Waals surface area (Å²) in [6, 6.07) is 7.98. The van der Waals surface area contributed by atoms with Crippen molar-refractivity contribution in [3.8, 4) is 0 Å². The maximum atomic E-state index is 11.2. The molecule has 0 spiro atoms. The largest absolute Gasteiger partial charge is 0.370 e. The van der Waals surface area contributed by atoms with Crippen LogP contribution in [0.15, 0.2) is 24.3 Å². The van der Waals surface area contributed by atoms with Crippen molar-refractivity contribution in [1.82, 2.24) is 19.2 Å². The molecule has 3 rings (SSSR count). The summed E-state index contributed by atoms with van der Waals surface area (Å²) in [6.07, 6.45) is 0.795. The summed E-state index contributed by atoms with van der Waals surface area (Å²) in [6.45, 7) is 9.41. The number of primary amides is 1. The van der Waals surface area contributed by atoms with Gasteiger partial charge in [0.25, 0.3) is 0 Å². The van der Waals surface area contributed by atoms with E-state index in [1.807, 2.05) is 27.4 Å². The zero-order valence-electron chi connectivity index (χ0n) is 17.1. The quantitative estimate of drug-likeness (QED) is 0.644. The molecule has 2 heterocycles. The number of amides is 1. The third kappa shape index (κ3) is 5.81. The van der Waals surface area contributed by atoms with Gasteiger partial charge in [0, 0.05) is 56.3 Å².